The molecule has 0 aromatic rings. The molecule has 102 valence electrons. The van der Waals surface area contributed by atoms with E-state index in [0.717, 1.165) is 52.1 Å². The molecule has 0 aromatic heterocycles. The van der Waals surface area contributed by atoms with E-state index in [4.69, 9.17) is 14.6 Å². The Bertz CT molecular complexity index is 167. The van der Waals surface area contributed by atoms with E-state index in [9.17, 15) is 0 Å². The number of hydrogen-bond acceptors (Lipinski definition) is 4. The Morgan fingerprint density at radius 3 is 2.59 bits per heavy atom. The van der Waals surface area contributed by atoms with Crippen LogP contribution >= 0.6 is 0 Å². The van der Waals surface area contributed by atoms with Crippen molar-refractivity contribution in [1.29, 1.82) is 0 Å². The van der Waals surface area contributed by atoms with Crippen LogP contribution in [-0.4, -0.2) is 62.2 Å². The molecule has 17 heavy (non-hydrogen) atoms. The molecule has 1 N–H and O–H groups in total. The predicted molar refractivity (Wildman–Crippen MR) is 68.2 cm³/mol. The van der Waals surface area contributed by atoms with Gasteiger partial charge in [0.2, 0.25) is 0 Å². The summed E-state index contributed by atoms with van der Waals surface area (Å²) in [6, 6.07) is 0. The lowest BCUT2D eigenvalue weighted by atomic mass is 10.1. The maximum atomic E-state index is 8.68. The van der Waals surface area contributed by atoms with Crippen LogP contribution in [0, 0.1) is 0 Å². The highest BCUT2D eigenvalue weighted by molar-refractivity contribution is 4.72. The number of unbranched alkanes of at least 4 members (excludes halogenated alkanes) is 1. The third-order valence-corrected chi connectivity index (χ3v) is 3.17. The summed E-state index contributed by atoms with van der Waals surface area (Å²) >= 11 is 0. The van der Waals surface area contributed by atoms with Gasteiger partial charge in [-0.25, -0.2) is 0 Å². The van der Waals surface area contributed by atoms with Crippen LogP contribution in [0.15, 0.2) is 0 Å². The fraction of sp³-hybridized carbons (Fsp3) is 1.00. The monoisotopic (exact) mass is 245 g/mol. The summed E-state index contributed by atoms with van der Waals surface area (Å²) < 4.78 is 11.1. The molecule has 1 rings (SSSR count). The molecule has 0 aliphatic carbocycles. The quantitative estimate of drug-likeness (QED) is 0.621. The summed E-state index contributed by atoms with van der Waals surface area (Å²) in [5.41, 5.74) is 0. The molecular weight excluding hydrogens is 218 g/mol. The van der Waals surface area contributed by atoms with Crippen molar-refractivity contribution in [1.82, 2.24) is 4.90 Å². The van der Waals surface area contributed by atoms with Gasteiger partial charge in [-0.1, -0.05) is 13.3 Å². The van der Waals surface area contributed by atoms with Crippen molar-refractivity contribution in [2.75, 3.05) is 46.1 Å². The molecule has 1 aliphatic rings. The second-order valence-electron chi connectivity index (χ2n) is 4.60. The predicted octanol–water partition coefficient (Wildman–Crippen LogP) is 1.28. The second-order valence-corrected chi connectivity index (χ2v) is 4.60. The van der Waals surface area contributed by atoms with Gasteiger partial charge < -0.3 is 19.5 Å². The number of nitrogens with zero attached hydrogens (tertiary/aromatic N) is 1. The average Bonchev–Trinajstić information content (AvgIpc) is 2.37. The smallest absolute Gasteiger partial charge is 0.0701 e. The first-order valence-electron chi connectivity index (χ1n) is 6.89. The molecule has 0 amide bonds. The van der Waals surface area contributed by atoms with Crippen LogP contribution < -0.4 is 0 Å². The highest BCUT2D eigenvalue weighted by Gasteiger charge is 2.18. The maximum Gasteiger partial charge on any atom is 0.0701 e. The number of aliphatic hydroxyl groups is 1. The average molecular weight is 245 g/mol. The van der Waals surface area contributed by atoms with E-state index in [1.165, 1.54) is 6.42 Å². The summed E-state index contributed by atoms with van der Waals surface area (Å²) in [6.45, 7) is 7.75. The van der Waals surface area contributed by atoms with Gasteiger partial charge in [0, 0.05) is 26.2 Å². The van der Waals surface area contributed by atoms with E-state index in [0.29, 0.717) is 12.7 Å². The maximum absolute atomic E-state index is 8.68. The normalized spacial score (nSPS) is 18.7. The third kappa shape index (κ3) is 6.99. The zero-order valence-electron chi connectivity index (χ0n) is 11.1. The Morgan fingerprint density at radius 1 is 1.18 bits per heavy atom. The van der Waals surface area contributed by atoms with Crippen LogP contribution in [0.3, 0.4) is 0 Å². The highest BCUT2D eigenvalue weighted by Crippen LogP contribution is 2.13. The Hall–Kier alpha value is -0.160. The standard InChI is InChI=1S/C13H27NO3/c1-2-3-10-16-11-8-14-6-4-13(5-7-14)17-12-9-15/h13,15H,2-12H2,1H3. The van der Waals surface area contributed by atoms with E-state index in [-0.39, 0.29) is 6.61 Å². The van der Waals surface area contributed by atoms with Crippen LogP contribution in [0.2, 0.25) is 0 Å². The summed E-state index contributed by atoms with van der Waals surface area (Å²) in [6.07, 6.45) is 4.87. The van der Waals surface area contributed by atoms with Crippen molar-refractivity contribution < 1.29 is 14.6 Å². The van der Waals surface area contributed by atoms with Crippen LogP contribution in [0.1, 0.15) is 32.6 Å². The molecule has 1 aliphatic heterocycles. The lowest BCUT2D eigenvalue weighted by molar-refractivity contribution is -0.0123. The Morgan fingerprint density at radius 2 is 1.94 bits per heavy atom. The molecule has 0 spiro atoms. The third-order valence-electron chi connectivity index (χ3n) is 3.17. The molecule has 0 saturated carbocycles. The fourth-order valence-corrected chi connectivity index (χ4v) is 2.06. The van der Waals surface area contributed by atoms with Gasteiger partial charge in [0.05, 0.1) is 25.9 Å². The van der Waals surface area contributed by atoms with Gasteiger partial charge >= 0.3 is 0 Å². The summed E-state index contributed by atoms with van der Waals surface area (Å²) in [5.74, 6) is 0. The molecule has 1 heterocycles. The topological polar surface area (TPSA) is 41.9 Å². The van der Waals surface area contributed by atoms with Crippen molar-refractivity contribution >= 4 is 0 Å². The second kappa shape index (κ2) is 9.83. The molecule has 4 heteroatoms. The first-order valence-corrected chi connectivity index (χ1v) is 6.89. The van der Waals surface area contributed by atoms with Crippen molar-refractivity contribution in [3.63, 3.8) is 0 Å². The minimum Gasteiger partial charge on any atom is -0.394 e. The molecule has 0 unspecified atom stereocenters. The number of rotatable bonds is 9. The van der Waals surface area contributed by atoms with E-state index in [1.807, 2.05) is 0 Å². The number of piperidine rings is 1. The van der Waals surface area contributed by atoms with E-state index in [1.54, 1.807) is 0 Å². The van der Waals surface area contributed by atoms with Crippen LogP contribution in [-0.2, 0) is 9.47 Å². The number of ether oxygens (including phenoxy) is 2. The fourth-order valence-electron chi connectivity index (χ4n) is 2.06. The van der Waals surface area contributed by atoms with Crippen molar-refractivity contribution in [2.45, 2.75) is 38.7 Å². The Balaban J connectivity index is 1.95. The summed E-state index contributed by atoms with van der Waals surface area (Å²) in [4.78, 5) is 2.44. The number of likely N-dealkylation sites (tertiary alicyclic amines) is 1. The van der Waals surface area contributed by atoms with Crippen molar-refractivity contribution in [3.8, 4) is 0 Å². The zero-order chi connectivity index (χ0) is 12.3. The van der Waals surface area contributed by atoms with Crippen LogP contribution in [0.5, 0.6) is 0 Å². The van der Waals surface area contributed by atoms with Gasteiger partial charge in [-0.15, -0.1) is 0 Å². The Kier molecular flexibility index (Phi) is 8.61. The highest BCUT2D eigenvalue weighted by atomic mass is 16.5. The number of aliphatic hydroxyl groups excluding tert-OH is 1. The van der Waals surface area contributed by atoms with Crippen molar-refractivity contribution in [2.24, 2.45) is 0 Å². The molecule has 0 bridgehead atoms. The van der Waals surface area contributed by atoms with E-state index < -0.39 is 0 Å². The Labute approximate surface area is 105 Å². The first kappa shape index (κ1) is 14.9. The minimum absolute atomic E-state index is 0.130. The molecule has 1 saturated heterocycles. The summed E-state index contributed by atoms with van der Waals surface area (Å²) in [7, 11) is 0. The lowest BCUT2D eigenvalue weighted by Gasteiger charge is -2.31. The molecule has 4 nitrogen and oxygen atoms in total. The van der Waals surface area contributed by atoms with Crippen LogP contribution in [0.25, 0.3) is 0 Å². The molecule has 1 fully saturated rings. The molecular formula is C13H27NO3. The molecule has 0 aromatic carbocycles. The lowest BCUT2D eigenvalue weighted by Crippen LogP contribution is -2.39. The van der Waals surface area contributed by atoms with Gasteiger partial charge in [0.1, 0.15) is 0 Å². The largest absolute Gasteiger partial charge is 0.394 e. The first-order chi connectivity index (χ1) is 8.36. The van der Waals surface area contributed by atoms with Gasteiger partial charge in [-0.05, 0) is 19.3 Å². The van der Waals surface area contributed by atoms with E-state index in [2.05, 4.69) is 11.8 Å². The molecule has 0 atom stereocenters. The summed E-state index contributed by atoms with van der Waals surface area (Å²) in [5, 5.41) is 8.68. The zero-order valence-corrected chi connectivity index (χ0v) is 11.1. The van der Waals surface area contributed by atoms with Gasteiger partial charge in [-0.3, -0.25) is 0 Å². The van der Waals surface area contributed by atoms with E-state index >= 15 is 0 Å². The minimum atomic E-state index is 0.130. The van der Waals surface area contributed by atoms with Gasteiger partial charge in [-0.2, -0.15) is 0 Å². The van der Waals surface area contributed by atoms with Gasteiger partial charge in [0.25, 0.3) is 0 Å². The van der Waals surface area contributed by atoms with Crippen LogP contribution in [0.4, 0.5) is 0 Å². The van der Waals surface area contributed by atoms with Crippen molar-refractivity contribution in [3.05, 3.63) is 0 Å². The molecule has 0 radical (unpaired) electrons. The van der Waals surface area contributed by atoms with Gasteiger partial charge in [0.15, 0.2) is 0 Å². The number of hydrogen-bond donors (Lipinski definition) is 1. The SMILES string of the molecule is CCCCOCCN1CCC(OCCO)CC1.